The van der Waals surface area contributed by atoms with Crippen LogP contribution < -0.4 is 20.1 Å². The van der Waals surface area contributed by atoms with Gasteiger partial charge in [-0.2, -0.15) is 0 Å². The molecule has 0 bridgehead atoms. The quantitative estimate of drug-likeness (QED) is 0.862. The molecule has 7 heteroatoms. The number of amides is 2. The highest BCUT2D eigenvalue weighted by Gasteiger charge is 2.30. The zero-order valence-corrected chi connectivity index (χ0v) is 14.3. The fourth-order valence-corrected chi connectivity index (χ4v) is 3.38. The molecule has 1 unspecified atom stereocenters. The number of nitrogens with one attached hydrogen (secondary N) is 2. The summed E-state index contributed by atoms with van der Waals surface area (Å²) in [5.74, 6) is 1.42. The molecule has 2 N–H and O–H groups in total. The van der Waals surface area contributed by atoms with Crippen molar-refractivity contribution in [1.29, 1.82) is 0 Å². The van der Waals surface area contributed by atoms with E-state index in [1.54, 1.807) is 12.1 Å². The lowest BCUT2D eigenvalue weighted by Gasteiger charge is -2.26. The van der Waals surface area contributed by atoms with Gasteiger partial charge in [-0.3, -0.25) is 9.59 Å². The summed E-state index contributed by atoms with van der Waals surface area (Å²) in [5, 5.41) is 6.41. The summed E-state index contributed by atoms with van der Waals surface area (Å²) in [6.45, 7) is 0.749. The van der Waals surface area contributed by atoms with E-state index in [4.69, 9.17) is 9.47 Å². The van der Waals surface area contributed by atoms with E-state index in [-0.39, 0.29) is 23.8 Å². The first-order valence-corrected chi connectivity index (χ1v) is 9.08. The lowest BCUT2D eigenvalue weighted by molar-refractivity contribution is -0.117. The molecular formula is C18H18N2O4S. The van der Waals surface area contributed by atoms with E-state index >= 15 is 0 Å². The number of thiophene rings is 1. The Labute approximate surface area is 149 Å². The fraction of sp³-hybridized carbons (Fsp3) is 0.333. The second-order valence-corrected chi connectivity index (χ2v) is 7.22. The number of carbonyl (C=O) groups excluding carboxylic acids is 2. The Morgan fingerprint density at radius 1 is 1.12 bits per heavy atom. The third-order valence-corrected chi connectivity index (χ3v) is 5.08. The van der Waals surface area contributed by atoms with Crippen LogP contribution in [0.15, 0.2) is 36.4 Å². The van der Waals surface area contributed by atoms with Crippen LogP contribution in [0.25, 0.3) is 0 Å². The summed E-state index contributed by atoms with van der Waals surface area (Å²) in [6.07, 6.45) is 1.68. The van der Waals surface area contributed by atoms with Gasteiger partial charge in [0.2, 0.25) is 5.91 Å². The number of benzene rings is 1. The highest BCUT2D eigenvalue weighted by Crippen LogP contribution is 2.32. The highest BCUT2D eigenvalue weighted by molar-refractivity contribution is 7.18. The molecule has 25 heavy (non-hydrogen) atoms. The van der Waals surface area contributed by atoms with Gasteiger partial charge >= 0.3 is 0 Å². The van der Waals surface area contributed by atoms with E-state index in [0.29, 0.717) is 28.8 Å². The fourth-order valence-electron chi connectivity index (χ4n) is 2.55. The van der Waals surface area contributed by atoms with E-state index in [1.165, 1.54) is 11.3 Å². The van der Waals surface area contributed by atoms with Gasteiger partial charge in [-0.15, -0.1) is 11.3 Å². The molecule has 1 aromatic carbocycles. The average molecular weight is 358 g/mol. The predicted octanol–water partition coefficient (Wildman–Crippen LogP) is 2.67. The molecule has 130 valence electrons. The summed E-state index contributed by atoms with van der Waals surface area (Å²) in [5.41, 5.74) is 0. The molecule has 1 atom stereocenters. The predicted molar refractivity (Wildman–Crippen MR) is 94.4 cm³/mol. The molecule has 1 aromatic heterocycles. The number of fused-ring (bicyclic) bond motifs is 1. The molecule has 6 nitrogen and oxygen atoms in total. The zero-order valence-electron chi connectivity index (χ0n) is 13.5. The molecule has 4 rings (SSSR count). The Hall–Kier alpha value is -2.54. The number of rotatable bonds is 5. The molecule has 0 spiro atoms. The van der Waals surface area contributed by atoms with Gasteiger partial charge in [0, 0.05) is 5.92 Å². The van der Waals surface area contributed by atoms with Gasteiger partial charge in [-0.1, -0.05) is 12.1 Å². The average Bonchev–Trinajstić information content (AvgIpc) is 3.39. The van der Waals surface area contributed by atoms with E-state index in [0.717, 1.165) is 18.6 Å². The first-order chi connectivity index (χ1) is 12.2. The minimum Gasteiger partial charge on any atom is -0.486 e. The Morgan fingerprint density at radius 3 is 2.72 bits per heavy atom. The molecule has 2 heterocycles. The molecule has 2 aromatic rings. The van der Waals surface area contributed by atoms with Crippen LogP contribution in [0.2, 0.25) is 0 Å². The van der Waals surface area contributed by atoms with Crippen molar-refractivity contribution >= 4 is 28.2 Å². The molecule has 1 saturated carbocycles. The number of para-hydroxylation sites is 2. The normalized spacial score (nSPS) is 18.5. The minimum atomic E-state index is -0.229. The lowest BCUT2D eigenvalue weighted by Crippen LogP contribution is -2.40. The maximum absolute atomic E-state index is 12.3. The van der Waals surface area contributed by atoms with Crippen LogP contribution in [-0.2, 0) is 4.79 Å². The van der Waals surface area contributed by atoms with Gasteiger partial charge < -0.3 is 20.1 Å². The second-order valence-electron chi connectivity index (χ2n) is 6.14. The second kappa shape index (κ2) is 6.76. The van der Waals surface area contributed by atoms with Crippen molar-refractivity contribution in [2.45, 2.75) is 18.9 Å². The van der Waals surface area contributed by atoms with Crippen LogP contribution in [-0.4, -0.2) is 31.1 Å². The van der Waals surface area contributed by atoms with Crippen LogP contribution in [0, 0.1) is 5.92 Å². The van der Waals surface area contributed by atoms with Crippen LogP contribution in [0.3, 0.4) is 0 Å². The Balaban J connectivity index is 1.29. The monoisotopic (exact) mass is 358 g/mol. The Bertz CT molecular complexity index is 800. The molecule has 2 amide bonds. The SMILES string of the molecule is O=C(NCC1COc2ccccc2O1)c1ccc(NC(=O)C2CC2)s1. The molecule has 1 fully saturated rings. The minimum absolute atomic E-state index is 0.0419. The maximum Gasteiger partial charge on any atom is 0.261 e. The first kappa shape index (κ1) is 16.0. The maximum atomic E-state index is 12.3. The van der Waals surface area contributed by atoms with Crippen molar-refractivity contribution in [1.82, 2.24) is 5.32 Å². The van der Waals surface area contributed by atoms with Crippen molar-refractivity contribution in [2.24, 2.45) is 5.92 Å². The van der Waals surface area contributed by atoms with Crippen LogP contribution in [0.1, 0.15) is 22.5 Å². The van der Waals surface area contributed by atoms with Gasteiger partial charge in [-0.25, -0.2) is 0 Å². The van der Waals surface area contributed by atoms with Crippen LogP contribution in [0.5, 0.6) is 11.5 Å². The third kappa shape index (κ3) is 3.76. The highest BCUT2D eigenvalue weighted by atomic mass is 32.1. The first-order valence-electron chi connectivity index (χ1n) is 8.26. The number of anilines is 1. The zero-order chi connectivity index (χ0) is 17.2. The Morgan fingerprint density at radius 2 is 1.92 bits per heavy atom. The Kier molecular flexibility index (Phi) is 4.31. The van der Waals surface area contributed by atoms with Crippen LogP contribution >= 0.6 is 11.3 Å². The van der Waals surface area contributed by atoms with E-state index in [2.05, 4.69) is 10.6 Å². The standard InChI is InChI=1S/C18H18N2O4S/c21-17(11-5-6-11)20-16-8-7-15(25-16)18(22)19-9-12-10-23-13-3-1-2-4-14(13)24-12/h1-4,7-8,11-12H,5-6,9-10H2,(H,19,22)(H,20,21). The summed E-state index contributed by atoms with van der Waals surface area (Å²) < 4.78 is 11.4. The molecular weight excluding hydrogens is 340 g/mol. The number of carbonyl (C=O) groups is 2. The largest absolute Gasteiger partial charge is 0.486 e. The molecule has 0 saturated heterocycles. The smallest absolute Gasteiger partial charge is 0.261 e. The van der Waals surface area contributed by atoms with Gasteiger partial charge in [-0.05, 0) is 37.1 Å². The summed E-state index contributed by atoms with van der Waals surface area (Å²) in [7, 11) is 0. The third-order valence-electron chi connectivity index (χ3n) is 4.08. The van der Waals surface area contributed by atoms with Gasteiger partial charge in [0.15, 0.2) is 11.5 Å². The van der Waals surface area contributed by atoms with Gasteiger partial charge in [0.1, 0.15) is 12.7 Å². The molecule has 1 aliphatic heterocycles. The lowest BCUT2D eigenvalue weighted by atomic mass is 10.2. The van der Waals surface area contributed by atoms with E-state index < -0.39 is 0 Å². The summed E-state index contributed by atoms with van der Waals surface area (Å²) in [4.78, 5) is 24.6. The number of ether oxygens (including phenoxy) is 2. The van der Waals surface area contributed by atoms with Crippen molar-refractivity contribution in [3.05, 3.63) is 41.3 Å². The topological polar surface area (TPSA) is 76.7 Å². The molecule has 2 aliphatic rings. The van der Waals surface area contributed by atoms with E-state index in [1.807, 2.05) is 24.3 Å². The number of hydrogen-bond acceptors (Lipinski definition) is 5. The van der Waals surface area contributed by atoms with Crippen molar-refractivity contribution in [3.8, 4) is 11.5 Å². The van der Waals surface area contributed by atoms with Crippen molar-refractivity contribution in [3.63, 3.8) is 0 Å². The van der Waals surface area contributed by atoms with Crippen LogP contribution in [0.4, 0.5) is 5.00 Å². The molecule has 0 radical (unpaired) electrons. The summed E-state index contributed by atoms with van der Waals surface area (Å²) >= 11 is 1.27. The van der Waals surface area contributed by atoms with Crippen molar-refractivity contribution < 1.29 is 19.1 Å². The van der Waals surface area contributed by atoms with Crippen molar-refractivity contribution in [2.75, 3.05) is 18.5 Å². The number of hydrogen-bond donors (Lipinski definition) is 2. The van der Waals surface area contributed by atoms with Gasteiger partial charge in [0.05, 0.1) is 16.4 Å². The molecule has 1 aliphatic carbocycles. The summed E-state index contributed by atoms with van der Waals surface area (Å²) in [6, 6.07) is 10.9. The van der Waals surface area contributed by atoms with Gasteiger partial charge in [0.25, 0.3) is 5.91 Å². The van der Waals surface area contributed by atoms with E-state index in [9.17, 15) is 9.59 Å².